The predicted octanol–water partition coefficient (Wildman–Crippen LogP) is 4.58. The van der Waals surface area contributed by atoms with Gasteiger partial charge in [0.15, 0.2) is 0 Å². The second-order valence-corrected chi connectivity index (χ2v) is 7.77. The van der Waals surface area contributed by atoms with Crippen LogP contribution in [-0.4, -0.2) is 12.2 Å². The molecular formula is C20H22N4OS. The number of thiophene rings is 1. The minimum absolute atomic E-state index is 0.432. The summed E-state index contributed by atoms with van der Waals surface area (Å²) < 4.78 is 0. The monoisotopic (exact) mass is 366 g/mol. The standard InChI is InChI=1S/C20H22N4OS/c1-12-8-13(2)17(14(3)9-12)11-22-24-20(25)23-19-16(10-21)15-6-4-5-7-18(15)26-19/h8-9,11H,4-7H2,1-3H3,(H2,23,24,25)/b22-11+. The number of amides is 2. The van der Waals surface area contributed by atoms with E-state index in [9.17, 15) is 10.1 Å². The first-order valence-electron chi connectivity index (χ1n) is 8.72. The normalized spacial score (nSPS) is 13.3. The number of urea groups is 1. The largest absolute Gasteiger partial charge is 0.340 e. The lowest BCUT2D eigenvalue weighted by Crippen LogP contribution is -2.24. The Morgan fingerprint density at radius 1 is 1.23 bits per heavy atom. The molecule has 134 valence electrons. The van der Waals surface area contributed by atoms with Crippen molar-refractivity contribution in [2.24, 2.45) is 5.10 Å². The number of hydrogen-bond donors (Lipinski definition) is 2. The summed E-state index contributed by atoms with van der Waals surface area (Å²) in [6.45, 7) is 6.10. The second-order valence-electron chi connectivity index (χ2n) is 6.66. The number of nitriles is 1. The number of nitrogens with zero attached hydrogens (tertiary/aromatic N) is 2. The Hall–Kier alpha value is -2.65. The first kappa shape index (κ1) is 18.2. The van der Waals surface area contributed by atoms with Crippen LogP contribution in [0.4, 0.5) is 9.80 Å². The zero-order valence-electron chi connectivity index (χ0n) is 15.3. The third-order valence-corrected chi connectivity index (χ3v) is 5.82. The van der Waals surface area contributed by atoms with E-state index in [-0.39, 0.29) is 0 Å². The molecule has 0 fully saturated rings. The Bertz CT molecular complexity index is 898. The van der Waals surface area contributed by atoms with Gasteiger partial charge in [0.25, 0.3) is 0 Å². The lowest BCUT2D eigenvalue weighted by molar-refractivity contribution is 0.252. The van der Waals surface area contributed by atoms with Gasteiger partial charge in [-0.2, -0.15) is 10.4 Å². The number of hydrogen-bond acceptors (Lipinski definition) is 4. The van der Waals surface area contributed by atoms with Gasteiger partial charge in [0.1, 0.15) is 11.1 Å². The molecule has 0 atom stereocenters. The summed E-state index contributed by atoms with van der Waals surface area (Å²) in [6, 6.07) is 5.98. The SMILES string of the molecule is Cc1cc(C)c(/C=N/NC(=O)Nc2sc3c(c2C#N)CCCC3)c(C)c1. The third-order valence-electron chi connectivity index (χ3n) is 4.61. The van der Waals surface area contributed by atoms with Crippen LogP contribution in [0.25, 0.3) is 0 Å². The molecule has 0 bridgehead atoms. The summed E-state index contributed by atoms with van der Waals surface area (Å²) >= 11 is 1.50. The van der Waals surface area contributed by atoms with Gasteiger partial charge in [0.05, 0.1) is 11.8 Å². The first-order valence-corrected chi connectivity index (χ1v) is 9.53. The van der Waals surface area contributed by atoms with Crippen molar-refractivity contribution in [2.75, 3.05) is 5.32 Å². The van der Waals surface area contributed by atoms with E-state index < -0.39 is 6.03 Å². The van der Waals surface area contributed by atoms with E-state index >= 15 is 0 Å². The van der Waals surface area contributed by atoms with Gasteiger partial charge >= 0.3 is 6.03 Å². The summed E-state index contributed by atoms with van der Waals surface area (Å²) in [4.78, 5) is 13.4. The zero-order chi connectivity index (χ0) is 18.7. The van der Waals surface area contributed by atoms with Crippen molar-refractivity contribution in [3.05, 3.63) is 50.4 Å². The van der Waals surface area contributed by atoms with Crippen LogP contribution >= 0.6 is 11.3 Å². The van der Waals surface area contributed by atoms with Gasteiger partial charge in [-0.05, 0) is 63.1 Å². The molecule has 0 spiro atoms. The minimum atomic E-state index is -0.432. The quantitative estimate of drug-likeness (QED) is 0.616. The van der Waals surface area contributed by atoms with Crippen LogP contribution in [0.1, 0.15) is 51.1 Å². The molecule has 2 amide bonds. The topological polar surface area (TPSA) is 77.3 Å². The number of anilines is 1. The highest BCUT2D eigenvalue weighted by molar-refractivity contribution is 7.16. The molecule has 2 aromatic rings. The molecule has 1 aromatic carbocycles. The molecule has 3 rings (SSSR count). The number of nitrogens with one attached hydrogen (secondary N) is 2. The molecule has 0 saturated carbocycles. The number of benzene rings is 1. The lowest BCUT2D eigenvalue weighted by atomic mass is 9.96. The lowest BCUT2D eigenvalue weighted by Gasteiger charge is -2.09. The third kappa shape index (κ3) is 3.78. The summed E-state index contributed by atoms with van der Waals surface area (Å²) in [5.41, 5.74) is 8.64. The maximum absolute atomic E-state index is 12.2. The Morgan fingerprint density at radius 2 is 1.92 bits per heavy atom. The molecule has 0 unspecified atom stereocenters. The highest BCUT2D eigenvalue weighted by Crippen LogP contribution is 2.37. The van der Waals surface area contributed by atoms with E-state index in [0.29, 0.717) is 10.6 Å². The molecule has 1 aliphatic rings. The van der Waals surface area contributed by atoms with E-state index in [1.807, 2.05) is 13.8 Å². The molecule has 1 aromatic heterocycles. The molecule has 6 heteroatoms. The highest BCUT2D eigenvalue weighted by atomic mass is 32.1. The van der Waals surface area contributed by atoms with Gasteiger partial charge < -0.3 is 0 Å². The molecule has 0 radical (unpaired) electrons. The Morgan fingerprint density at radius 3 is 2.62 bits per heavy atom. The fraction of sp³-hybridized carbons (Fsp3) is 0.350. The number of aryl methyl sites for hydroxylation is 4. The smallest absolute Gasteiger partial charge is 0.297 e. The van der Waals surface area contributed by atoms with Crippen molar-refractivity contribution in [3.8, 4) is 6.07 Å². The number of rotatable bonds is 3. The number of carbonyl (C=O) groups excluding carboxylic acids is 1. The van der Waals surface area contributed by atoms with E-state index in [4.69, 9.17) is 0 Å². The van der Waals surface area contributed by atoms with Crippen molar-refractivity contribution in [1.29, 1.82) is 5.26 Å². The highest BCUT2D eigenvalue weighted by Gasteiger charge is 2.21. The average molecular weight is 366 g/mol. The maximum Gasteiger partial charge on any atom is 0.340 e. The van der Waals surface area contributed by atoms with Crippen LogP contribution in [0.2, 0.25) is 0 Å². The van der Waals surface area contributed by atoms with Gasteiger partial charge in [-0.1, -0.05) is 17.7 Å². The van der Waals surface area contributed by atoms with E-state index in [1.165, 1.54) is 21.8 Å². The van der Waals surface area contributed by atoms with Crippen molar-refractivity contribution in [1.82, 2.24) is 5.43 Å². The fourth-order valence-corrected chi connectivity index (χ4v) is 4.69. The molecule has 2 N–H and O–H groups in total. The molecular weight excluding hydrogens is 344 g/mol. The van der Waals surface area contributed by atoms with Crippen molar-refractivity contribution in [2.45, 2.75) is 46.5 Å². The summed E-state index contributed by atoms with van der Waals surface area (Å²) in [5.74, 6) is 0. The van der Waals surface area contributed by atoms with Gasteiger partial charge in [-0.25, -0.2) is 10.2 Å². The van der Waals surface area contributed by atoms with Crippen LogP contribution in [0.5, 0.6) is 0 Å². The summed E-state index contributed by atoms with van der Waals surface area (Å²) in [6.07, 6.45) is 5.81. The minimum Gasteiger partial charge on any atom is -0.297 e. The molecule has 1 aliphatic carbocycles. The first-order chi connectivity index (χ1) is 12.5. The number of hydrazone groups is 1. The number of fused-ring (bicyclic) bond motifs is 1. The van der Waals surface area contributed by atoms with E-state index in [1.54, 1.807) is 6.21 Å². The van der Waals surface area contributed by atoms with Crippen molar-refractivity contribution >= 4 is 28.6 Å². The van der Waals surface area contributed by atoms with Crippen LogP contribution < -0.4 is 10.7 Å². The van der Waals surface area contributed by atoms with Gasteiger partial charge in [-0.3, -0.25) is 5.32 Å². The Kier molecular flexibility index (Phi) is 5.38. The van der Waals surface area contributed by atoms with Gasteiger partial charge in [0.2, 0.25) is 0 Å². The Balaban J connectivity index is 1.69. The number of carbonyl (C=O) groups is 1. The van der Waals surface area contributed by atoms with Crippen LogP contribution in [0.3, 0.4) is 0 Å². The second kappa shape index (κ2) is 7.71. The van der Waals surface area contributed by atoms with Gasteiger partial charge in [0, 0.05) is 10.4 Å². The van der Waals surface area contributed by atoms with Crippen molar-refractivity contribution in [3.63, 3.8) is 0 Å². The van der Waals surface area contributed by atoms with E-state index in [0.717, 1.165) is 47.9 Å². The Labute approximate surface area is 157 Å². The van der Waals surface area contributed by atoms with Crippen LogP contribution in [0, 0.1) is 32.1 Å². The van der Waals surface area contributed by atoms with Gasteiger partial charge in [-0.15, -0.1) is 11.3 Å². The zero-order valence-corrected chi connectivity index (χ0v) is 16.1. The van der Waals surface area contributed by atoms with Crippen molar-refractivity contribution < 1.29 is 4.79 Å². The molecule has 5 nitrogen and oxygen atoms in total. The van der Waals surface area contributed by atoms with E-state index in [2.05, 4.69) is 41.0 Å². The fourth-order valence-electron chi connectivity index (χ4n) is 3.45. The van der Waals surface area contributed by atoms with Crippen LogP contribution in [0.15, 0.2) is 17.2 Å². The summed E-state index contributed by atoms with van der Waals surface area (Å²) in [5, 5.41) is 16.9. The molecule has 1 heterocycles. The van der Waals surface area contributed by atoms with Crippen LogP contribution in [-0.2, 0) is 12.8 Å². The molecule has 0 saturated heterocycles. The maximum atomic E-state index is 12.2. The molecule has 0 aliphatic heterocycles. The average Bonchev–Trinajstić information content (AvgIpc) is 2.94. The summed E-state index contributed by atoms with van der Waals surface area (Å²) in [7, 11) is 0. The predicted molar refractivity (Wildman–Crippen MR) is 106 cm³/mol. The molecule has 26 heavy (non-hydrogen) atoms.